The zero-order valence-corrected chi connectivity index (χ0v) is 15.0. The van der Waals surface area contributed by atoms with Gasteiger partial charge in [-0.1, -0.05) is 40.9 Å². The Morgan fingerprint density at radius 1 is 1.38 bits per heavy atom. The molecule has 0 spiro atoms. The Labute approximate surface area is 154 Å². The number of nitriles is 1. The molecule has 2 aromatic rings. The molecule has 1 aromatic carbocycles. The van der Waals surface area contributed by atoms with Crippen molar-refractivity contribution in [3.63, 3.8) is 0 Å². The third kappa shape index (κ3) is 4.09. The molecule has 124 valence electrons. The lowest BCUT2D eigenvalue weighted by Crippen LogP contribution is -2.18. The number of aryl methyl sites for hydroxylation is 1. The van der Waals surface area contributed by atoms with Gasteiger partial charge in [0.25, 0.3) is 5.91 Å². The minimum Gasteiger partial charge on any atom is -0.438 e. The molecule has 1 heterocycles. The predicted molar refractivity (Wildman–Crippen MR) is 94.1 cm³/mol. The molecule has 24 heavy (non-hydrogen) atoms. The molecular formula is C16H12Cl3N3O2. The Hall–Kier alpha value is -2.00. The largest absolute Gasteiger partial charge is 0.438 e. The van der Waals surface area contributed by atoms with E-state index in [4.69, 9.17) is 39.5 Å². The van der Waals surface area contributed by atoms with Crippen LogP contribution in [0.4, 0.5) is 5.69 Å². The summed E-state index contributed by atoms with van der Waals surface area (Å²) >= 11 is 17.1. The van der Waals surface area contributed by atoms with Gasteiger partial charge in [-0.15, -0.1) is 0 Å². The SMILES string of the molecule is Cc1nc(Oc2cccc(NC(=O)C(Cl)Cl)c2)c(C#N)c(C)c1Cl. The summed E-state index contributed by atoms with van der Waals surface area (Å²) in [5.41, 5.74) is 1.85. The Morgan fingerprint density at radius 3 is 2.71 bits per heavy atom. The van der Waals surface area contributed by atoms with E-state index in [1.54, 1.807) is 38.1 Å². The molecule has 1 aromatic heterocycles. The minimum absolute atomic E-state index is 0.146. The number of halogens is 3. The van der Waals surface area contributed by atoms with Gasteiger partial charge in [0.2, 0.25) is 5.88 Å². The van der Waals surface area contributed by atoms with Crippen LogP contribution in [0.25, 0.3) is 0 Å². The average Bonchev–Trinajstić information content (AvgIpc) is 2.53. The number of benzene rings is 1. The van der Waals surface area contributed by atoms with Gasteiger partial charge in [-0.25, -0.2) is 4.98 Å². The van der Waals surface area contributed by atoms with Crippen molar-refractivity contribution in [3.05, 3.63) is 46.1 Å². The van der Waals surface area contributed by atoms with Gasteiger partial charge in [0, 0.05) is 11.8 Å². The highest BCUT2D eigenvalue weighted by molar-refractivity contribution is 6.54. The second kappa shape index (κ2) is 7.71. The number of alkyl halides is 2. The molecule has 0 aliphatic rings. The molecule has 1 N–H and O–H groups in total. The van der Waals surface area contributed by atoms with Crippen molar-refractivity contribution in [1.29, 1.82) is 5.26 Å². The Kier molecular flexibility index (Phi) is 5.89. The van der Waals surface area contributed by atoms with Crippen LogP contribution in [0.3, 0.4) is 0 Å². The normalized spacial score (nSPS) is 10.4. The van der Waals surface area contributed by atoms with Crippen LogP contribution in [0.1, 0.15) is 16.8 Å². The van der Waals surface area contributed by atoms with Crippen LogP contribution in [0.15, 0.2) is 24.3 Å². The summed E-state index contributed by atoms with van der Waals surface area (Å²) in [4.78, 5) is 14.6. The first kappa shape index (κ1) is 18.3. The minimum atomic E-state index is -1.18. The lowest BCUT2D eigenvalue weighted by molar-refractivity contribution is -0.114. The van der Waals surface area contributed by atoms with Gasteiger partial charge in [0.15, 0.2) is 4.84 Å². The Bertz CT molecular complexity index is 832. The van der Waals surface area contributed by atoms with Crippen molar-refractivity contribution in [3.8, 4) is 17.7 Å². The van der Waals surface area contributed by atoms with E-state index in [9.17, 15) is 10.1 Å². The van der Waals surface area contributed by atoms with Crippen LogP contribution in [0.5, 0.6) is 11.6 Å². The van der Waals surface area contributed by atoms with Crippen molar-refractivity contribution in [1.82, 2.24) is 4.98 Å². The number of anilines is 1. The molecule has 0 unspecified atom stereocenters. The third-order valence-corrected chi connectivity index (χ3v) is 4.08. The summed E-state index contributed by atoms with van der Waals surface area (Å²) in [7, 11) is 0. The lowest BCUT2D eigenvalue weighted by atomic mass is 10.1. The number of amides is 1. The van der Waals surface area contributed by atoms with E-state index in [2.05, 4.69) is 10.3 Å². The van der Waals surface area contributed by atoms with E-state index >= 15 is 0 Å². The number of hydrogen-bond donors (Lipinski definition) is 1. The molecule has 8 heteroatoms. The summed E-state index contributed by atoms with van der Waals surface area (Å²) in [5, 5.41) is 12.3. The first-order chi connectivity index (χ1) is 11.3. The number of nitrogens with one attached hydrogen (secondary N) is 1. The van der Waals surface area contributed by atoms with E-state index in [1.165, 1.54) is 0 Å². The number of hydrogen-bond acceptors (Lipinski definition) is 4. The molecule has 0 bridgehead atoms. The number of nitrogens with zero attached hydrogens (tertiary/aromatic N) is 2. The fourth-order valence-corrected chi connectivity index (χ4v) is 2.20. The Morgan fingerprint density at radius 2 is 2.08 bits per heavy atom. The zero-order chi connectivity index (χ0) is 17.9. The molecule has 0 aliphatic heterocycles. The van der Waals surface area contributed by atoms with Crippen molar-refractivity contribution in [2.24, 2.45) is 0 Å². The molecule has 0 saturated carbocycles. The highest BCUT2D eigenvalue weighted by Crippen LogP contribution is 2.31. The maximum atomic E-state index is 11.5. The number of pyridine rings is 1. The highest BCUT2D eigenvalue weighted by atomic mass is 35.5. The summed E-state index contributed by atoms with van der Waals surface area (Å²) in [6.07, 6.45) is 0. The van der Waals surface area contributed by atoms with Gasteiger partial charge in [-0.05, 0) is 31.5 Å². The topological polar surface area (TPSA) is 75.0 Å². The van der Waals surface area contributed by atoms with Crippen molar-refractivity contribution < 1.29 is 9.53 Å². The number of ether oxygens (including phenoxy) is 1. The lowest BCUT2D eigenvalue weighted by Gasteiger charge is -2.12. The number of carbonyl (C=O) groups is 1. The molecule has 0 fully saturated rings. The van der Waals surface area contributed by atoms with Crippen LogP contribution in [-0.4, -0.2) is 15.7 Å². The molecule has 2 rings (SSSR count). The van der Waals surface area contributed by atoms with Crippen molar-refractivity contribution in [2.45, 2.75) is 18.7 Å². The monoisotopic (exact) mass is 383 g/mol. The first-order valence-corrected chi connectivity index (χ1v) is 8.02. The van der Waals surface area contributed by atoms with Crippen molar-refractivity contribution >= 4 is 46.4 Å². The summed E-state index contributed by atoms with van der Waals surface area (Å²) in [6.45, 7) is 3.45. The molecule has 0 aliphatic carbocycles. The smallest absolute Gasteiger partial charge is 0.257 e. The fraction of sp³-hybridized carbons (Fsp3) is 0.188. The quantitative estimate of drug-likeness (QED) is 0.771. The molecule has 5 nitrogen and oxygen atoms in total. The van der Waals surface area contributed by atoms with Crippen molar-refractivity contribution in [2.75, 3.05) is 5.32 Å². The maximum Gasteiger partial charge on any atom is 0.257 e. The first-order valence-electron chi connectivity index (χ1n) is 6.77. The van der Waals surface area contributed by atoms with Gasteiger partial charge in [0.1, 0.15) is 17.4 Å². The zero-order valence-electron chi connectivity index (χ0n) is 12.7. The predicted octanol–water partition coefficient (Wildman–Crippen LogP) is 4.76. The van der Waals surface area contributed by atoms with Gasteiger partial charge in [0.05, 0.1) is 10.7 Å². The van der Waals surface area contributed by atoms with Gasteiger partial charge >= 0.3 is 0 Å². The van der Waals surface area contributed by atoms with Crippen LogP contribution < -0.4 is 10.1 Å². The summed E-state index contributed by atoms with van der Waals surface area (Å²) < 4.78 is 5.69. The standard InChI is InChI=1S/C16H12Cl3N3O2/c1-8-12(7-20)16(21-9(2)13(8)17)24-11-5-3-4-10(6-11)22-15(23)14(18)19/h3-6,14H,1-2H3,(H,22,23). The number of rotatable bonds is 4. The number of aromatic nitrogens is 1. The van der Waals surface area contributed by atoms with Crippen LogP contribution in [0.2, 0.25) is 5.02 Å². The Balaban J connectivity index is 2.33. The van der Waals surface area contributed by atoms with E-state index in [0.717, 1.165) is 0 Å². The maximum absolute atomic E-state index is 11.5. The van der Waals surface area contributed by atoms with Gasteiger partial charge < -0.3 is 10.1 Å². The van der Waals surface area contributed by atoms with Gasteiger partial charge in [-0.3, -0.25) is 4.79 Å². The highest BCUT2D eigenvalue weighted by Gasteiger charge is 2.16. The van der Waals surface area contributed by atoms with E-state index in [0.29, 0.717) is 27.7 Å². The third-order valence-electron chi connectivity index (χ3n) is 3.13. The fourth-order valence-electron chi connectivity index (χ4n) is 1.95. The van der Waals surface area contributed by atoms with E-state index in [1.807, 2.05) is 6.07 Å². The molecular weight excluding hydrogens is 373 g/mol. The summed E-state index contributed by atoms with van der Waals surface area (Å²) in [5.74, 6) is -0.0175. The molecule has 1 amide bonds. The van der Waals surface area contributed by atoms with Crippen LogP contribution in [0, 0.1) is 25.2 Å². The average molecular weight is 385 g/mol. The molecule has 0 radical (unpaired) electrons. The summed E-state index contributed by atoms with van der Waals surface area (Å²) in [6, 6.07) is 8.59. The van der Waals surface area contributed by atoms with E-state index < -0.39 is 10.7 Å². The van der Waals surface area contributed by atoms with Gasteiger partial charge in [-0.2, -0.15) is 5.26 Å². The number of carbonyl (C=O) groups excluding carboxylic acids is 1. The molecule has 0 saturated heterocycles. The second-order valence-corrected chi connectivity index (χ2v) is 6.32. The van der Waals surface area contributed by atoms with Crippen LogP contribution in [-0.2, 0) is 4.79 Å². The molecule has 0 atom stereocenters. The van der Waals surface area contributed by atoms with E-state index in [-0.39, 0.29) is 11.4 Å². The van der Waals surface area contributed by atoms with Crippen LogP contribution >= 0.6 is 34.8 Å². The second-order valence-electron chi connectivity index (χ2n) is 4.85.